The summed E-state index contributed by atoms with van der Waals surface area (Å²) in [5.41, 5.74) is 6.76. The van der Waals surface area contributed by atoms with Gasteiger partial charge in [-0.2, -0.15) is 0 Å². The minimum atomic E-state index is -0.492. The summed E-state index contributed by atoms with van der Waals surface area (Å²) in [5.74, 6) is 0.678. The fourth-order valence-corrected chi connectivity index (χ4v) is 1.57. The number of benzene rings is 2. The number of carbonyl (C=O) groups is 1. The van der Waals surface area contributed by atoms with Gasteiger partial charge in [-0.25, -0.2) is 0 Å². The van der Waals surface area contributed by atoms with Gasteiger partial charge >= 0.3 is 0 Å². The fourth-order valence-electron chi connectivity index (χ4n) is 1.57. The monoisotopic (exact) mass is 227 g/mol. The minimum Gasteiger partial charge on any atom is -0.457 e. The normalized spacial score (nSPS) is 9.94. The molecule has 0 aliphatic rings. The summed E-state index contributed by atoms with van der Waals surface area (Å²) in [5, 5.41) is 0. The van der Waals surface area contributed by atoms with Crippen molar-refractivity contribution in [2.75, 3.05) is 0 Å². The Labute approximate surface area is 99.8 Å². The molecule has 2 rings (SSSR count). The van der Waals surface area contributed by atoms with Gasteiger partial charge in [0.2, 0.25) is 0 Å². The first kappa shape index (κ1) is 11.2. The standard InChI is InChI=1S/C14H13NO2/c1-10-5-4-6-11(9-10)17-13-8-3-2-7-12(13)14(15)16/h2-9H,1H3,(H2,15,16). The first-order valence-electron chi connectivity index (χ1n) is 5.30. The molecular formula is C14H13NO2. The van der Waals surface area contributed by atoms with Crippen molar-refractivity contribution < 1.29 is 9.53 Å². The number of para-hydroxylation sites is 1. The van der Waals surface area contributed by atoms with Gasteiger partial charge in [-0.3, -0.25) is 4.79 Å². The molecule has 86 valence electrons. The van der Waals surface area contributed by atoms with Crippen molar-refractivity contribution in [2.24, 2.45) is 5.73 Å². The van der Waals surface area contributed by atoms with E-state index in [1.165, 1.54) is 0 Å². The second-order valence-electron chi connectivity index (χ2n) is 3.78. The van der Waals surface area contributed by atoms with Crippen molar-refractivity contribution in [2.45, 2.75) is 6.92 Å². The van der Waals surface area contributed by atoms with Crippen molar-refractivity contribution in [3.05, 3.63) is 59.7 Å². The van der Waals surface area contributed by atoms with Crippen LogP contribution in [0.5, 0.6) is 11.5 Å². The fraction of sp³-hybridized carbons (Fsp3) is 0.0714. The molecular weight excluding hydrogens is 214 g/mol. The van der Waals surface area contributed by atoms with Crippen LogP contribution in [0.2, 0.25) is 0 Å². The van der Waals surface area contributed by atoms with Crippen molar-refractivity contribution in [1.29, 1.82) is 0 Å². The highest BCUT2D eigenvalue weighted by Crippen LogP contribution is 2.25. The lowest BCUT2D eigenvalue weighted by Gasteiger charge is -2.09. The molecule has 0 aliphatic heterocycles. The van der Waals surface area contributed by atoms with Gasteiger partial charge in [-0.15, -0.1) is 0 Å². The van der Waals surface area contributed by atoms with Crippen LogP contribution in [0.25, 0.3) is 0 Å². The number of amides is 1. The Balaban J connectivity index is 2.33. The van der Waals surface area contributed by atoms with Gasteiger partial charge < -0.3 is 10.5 Å². The number of rotatable bonds is 3. The van der Waals surface area contributed by atoms with Crippen molar-refractivity contribution in [3.63, 3.8) is 0 Å². The number of carbonyl (C=O) groups excluding carboxylic acids is 1. The van der Waals surface area contributed by atoms with Crippen LogP contribution in [-0.4, -0.2) is 5.91 Å². The summed E-state index contributed by atoms with van der Waals surface area (Å²) in [7, 11) is 0. The third-order valence-electron chi connectivity index (χ3n) is 2.37. The quantitative estimate of drug-likeness (QED) is 0.876. The summed E-state index contributed by atoms with van der Waals surface area (Å²) in [4.78, 5) is 11.2. The Morgan fingerprint density at radius 2 is 1.88 bits per heavy atom. The molecule has 3 nitrogen and oxygen atoms in total. The number of hydrogen-bond acceptors (Lipinski definition) is 2. The lowest BCUT2D eigenvalue weighted by Crippen LogP contribution is -2.11. The zero-order valence-electron chi connectivity index (χ0n) is 9.51. The summed E-state index contributed by atoms with van der Waals surface area (Å²) in [6.07, 6.45) is 0. The van der Waals surface area contributed by atoms with E-state index in [9.17, 15) is 4.79 Å². The Hall–Kier alpha value is -2.29. The first-order chi connectivity index (χ1) is 8.16. The van der Waals surface area contributed by atoms with Gasteiger partial charge in [0.25, 0.3) is 5.91 Å². The maximum atomic E-state index is 11.2. The van der Waals surface area contributed by atoms with Gasteiger partial charge in [0, 0.05) is 0 Å². The summed E-state index contributed by atoms with van der Waals surface area (Å²) < 4.78 is 5.65. The predicted octanol–water partition coefficient (Wildman–Crippen LogP) is 2.89. The maximum absolute atomic E-state index is 11.2. The summed E-state index contributed by atoms with van der Waals surface area (Å²) in [6, 6.07) is 14.5. The van der Waals surface area contributed by atoms with E-state index in [1.54, 1.807) is 24.3 Å². The van der Waals surface area contributed by atoms with Crippen LogP contribution in [0.1, 0.15) is 15.9 Å². The molecule has 0 bridgehead atoms. The van der Waals surface area contributed by atoms with E-state index in [-0.39, 0.29) is 0 Å². The van der Waals surface area contributed by atoms with E-state index in [1.807, 2.05) is 31.2 Å². The average Bonchev–Trinajstić information content (AvgIpc) is 2.29. The molecule has 17 heavy (non-hydrogen) atoms. The predicted molar refractivity (Wildman–Crippen MR) is 66.2 cm³/mol. The number of ether oxygens (including phenoxy) is 1. The highest BCUT2D eigenvalue weighted by atomic mass is 16.5. The average molecular weight is 227 g/mol. The molecule has 0 saturated carbocycles. The lowest BCUT2D eigenvalue weighted by atomic mass is 10.2. The molecule has 0 radical (unpaired) electrons. The molecule has 2 N–H and O–H groups in total. The molecule has 0 spiro atoms. The molecule has 3 heteroatoms. The number of nitrogens with two attached hydrogens (primary N) is 1. The zero-order valence-corrected chi connectivity index (χ0v) is 9.51. The van der Waals surface area contributed by atoms with E-state index in [4.69, 9.17) is 10.5 Å². The smallest absolute Gasteiger partial charge is 0.252 e. The largest absolute Gasteiger partial charge is 0.457 e. The van der Waals surface area contributed by atoms with Crippen LogP contribution < -0.4 is 10.5 Å². The van der Waals surface area contributed by atoms with Crippen LogP contribution in [0.3, 0.4) is 0 Å². The number of primary amides is 1. The molecule has 0 aromatic heterocycles. The summed E-state index contributed by atoms with van der Waals surface area (Å²) >= 11 is 0. The molecule has 2 aromatic rings. The first-order valence-corrected chi connectivity index (χ1v) is 5.30. The van der Waals surface area contributed by atoms with E-state index in [2.05, 4.69) is 0 Å². The molecule has 2 aromatic carbocycles. The van der Waals surface area contributed by atoms with Crippen LogP contribution >= 0.6 is 0 Å². The Kier molecular flexibility index (Phi) is 3.10. The summed E-state index contributed by atoms with van der Waals surface area (Å²) in [6.45, 7) is 1.98. The Morgan fingerprint density at radius 3 is 2.59 bits per heavy atom. The van der Waals surface area contributed by atoms with E-state index >= 15 is 0 Å². The Bertz CT molecular complexity index is 549. The highest BCUT2D eigenvalue weighted by Gasteiger charge is 2.08. The lowest BCUT2D eigenvalue weighted by molar-refractivity contribution is 0.0998. The molecule has 0 heterocycles. The van der Waals surface area contributed by atoms with Gasteiger partial charge in [0.15, 0.2) is 0 Å². The number of hydrogen-bond donors (Lipinski definition) is 1. The third-order valence-corrected chi connectivity index (χ3v) is 2.37. The van der Waals surface area contributed by atoms with Gasteiger partial charge in [-0.1, -0.05) is 24.3 Å². The van der Waals surface area contributed by atoms with Gasteiger partial charge in [-0.05, 0) is 36.8 Å². The number of aryl methyl sites for hydroxylation is 1. The van der Waals surface area contributed by atoms with E-state index in [0.717, 1.165) is 5.56 Å². The third kappa shape index (κ3) is 2.64. The van der Waals surface area contributed by atoms with Crippen LogP contribution in [0, 0.1) is 6.92 Å². The second kappa shape index (κ2) is 4.70. The van der Waals surface area contributed by atoms with E-state index < -0.39 is 5.91 Å². The van der Waals surface area contributed by atoms with Crippen molar-refractivity contribution in [3.8, 4) is 11.5 Å². The topological polar surface area (TPSA) is 52.3 Å². The molecule has 0 atom stereocenters. The molecule has 0 saturated heterocycles. The maximum Gasteiger partial charge on any atom is 0.252 e. The Morgan fingerprint density at radius 1 is 1.12 bits per heavy atom. The molecule has 0 aliphatic carbocycles. The minimum absolute atomic E-state index is 0.383. The molecule has 0 unspecified atom stereocenters. The van der Waals surface area contributed by atoms with Crippen LogP contribution in [-0.2, 0) is 0 Å². The van der Waals surface area contributed by atoms with Crippen molar-refractivity contribution >= 4 is 5.91 Å². The van der Waals surface area contributed by atoms with Gasteiger partial charge in [0.05, 0.1) is 5.56 Å². The molecule has 1 amide bonds. The van der Waals surface area contributed by atoms with Gasteiger partial charge in [0.1, 0.15) is 11.5 Å². The highest BCUT2D eigenvalue weighted by molar-refractivity contribution is 5.95. The van der Waals surface area contributed by atoms with Crippen molar-refractivity contribution in [1.82, 2.24) is 0 Å². The van der Waals surface area contributed by atoms with E-state index in [0.29, 0.717) is 17.1 Å². The molecule has 0 fully saturated rings. The second-order valence-corrected chi connectivity index (χ2v) is 3.78. The zero-order chi connectivity index (χ0) is 12.3. The van der Waals surface area contributed by atoms with Crippen LogP contribution in [0.15, 0.2) is 48.5 Å². The SMILES string of the molecule is Cc1cccc(Oc2ccccc2C(N)=O)c1. The van der Waals surface area contributed by atoms with Crippen LogP contribution in [0.4, 0.5) is 0 Å².